The van der Waals surface area contributed by atoms with Crippen molar-refractivity contribution in [2.75, 3.05) is 54.4 Å². The number of hydrogen-bond donors (Lipinski definition) is 4. The van der Waals surface area contributed by atoms with E-state index >= 15 is 0 Å². The molecule has 15 heteroatoms. The lowest BCUT2D eigenvalue weighted by Gasteiger charge is -2.44. The van der Waals surface area contributed by atoms with Crippen molar-refractivity contribution in [3.05, 3.63) is 102 Å². The summed E-state index contributed by atoms with van der Waals surface area (Å²) in [6.07, 6.45) is 5.02. The lowest BCUT2D eigenvalue weighted by Crippen LogP contribution is -2.53. The van der Waals surface area contributed by atoms with Gasteiger partial charge in [-0.3, -0.25) is 29.7 Å². The van der Waals surface area contributed by atoms with Crippen molar-refractivity contribution < 1.29 is 18.9 Å². The van der Waals surface area contributed by atoms with Gasteiger partial charge < -0.3 is 25.0 Å². The van der Waals surface area contributed by atoms with Crippen molar-refractivity contribution in [1.82, 2.24) is 40.9 Å². The Morgan fingerprint density at radius 2 is 1.52 bits per heavy atom. The molecule has 0 aliphatic carbocycles. The molecule has 63 heavy (non-hydrogen) atoms. The van der Waals surface area contributed by atoms with Gasteiger partial charge in [0.05, 0.1) is 11.7 Å². The van der Waals surface area contributed by atoms with E-state index < -0.39 is 0 Å². The quantitative estimate of drug-likeness (QED) is 0.107. The molecule has 0 radical (unpaired) electrons. The number of piperazine rings is 1. The molecule has 3 aliphatic rings. The summed E-state index contributed by atoms with van der Waals surface area (Å²) < 4.78 is 5.32. The van der Waals surface area contributed by atoms with Gasteiger partial charge in [0.25, 0.3) is 11.7 Å². The third kappa shape index (κ3) is 9.01. The van der Waals surface area contributed by atoms with Gasteiger partial charge in [0.1, 0.15) is 6.04 Å². The number of piperidine rings is 2. The van der Waals surface area contributed by atoms with Crippen LogP contribution >= 0.6 is 0 Å². The molecule has 0 saturated carbocycles. The molecule has 2 unspecified atom stereocenters. The molecule has 9 rings (SSSR count). The second kappa shape index (κ2) is 17.3. The molecule has 6 heterocycles. The molecule has 0 spiro atoms. The normalized spacial score (nSPS) is 18.4. The Labute approximate surface area is 367 Å². The van der Waals surface area contributed by atoms with E-state index in [0.29, 0.717) is 30.4 Å². The van der Waals surface area contributed by atoms with Crippen LogP contribution in [0.25, 0.3) is 33.4 Å². The van der Waals surface area contributed by atoms with E-state index in [0.717, 1.165) is 96.7 Å². The molecule has 3 aliphatic heterocycles. The van der Waals surface area contributed by atoms with Crippen molar-refractivity contribution in [2.24, 2.45) is 0 Å². The zero-order valence-electron chi connectivity index (χ0n) is 36.6. The van der Waals surface area contributed by atoms with Crippen molar-refractivity contribution in [3.8, 4) is 22.4 Å². The van der Waals surface area contributed by atoms with E-state index in [1.54, 1.807) is 0 Å². The molecule has 4 N–H and O–H groups in total. The first-order chi connectivity index (χ1) is 30.4. The number of aromatic nitrogens is 5. The summed E-state index contributed by atoms with van der Waals surface area (Å²) in [7, 11) is 0. The van der Waals surface area contributed by atoms with Gasteiger partial charge in [-0.25, -0.2) is 4.98 Å². The summed E-state index contributed by atoms with van der Waals surface area (Å²) in [5.74, 6) is -0.396. The smallest absolute Gasteiger partial charge is 0.293 e. The number of hydrogen-bond acceptors (Lipinski definition) is 12. The number of anilines is 3. The molecule has 3 aromatic heterocycles. The fourth-order valence-electron chi connectivity index (χ4n) is 9.05. The first kappa shape index (κ1) is 41.7. The lowest BCUT2D eigenvalue weighted by atomic mass is 9.97. The number of fused-ring (bicyclic) bond motifs is 1. The molecule has 0 bridgehead atoms. The van der Waals surface area contributed by atoms with Crippen LogP contribution in [-0.2, 0) is 15.0 Å². The van der Waals surface area contributed by atoms with Crippen LogP contribution in [0, 0.1) is 6.92 Å². The standard InChI is InChI=1S/C48H55N11O4/c1-29-26-32(8-15-38(29)30(2)50-46(62)44-53-47(63-56-44)48(3,4)5)42-39-27-33(28-49-43(39)55-54-42)31-6-11-35(12-7-31)58-22-24-59(25-23-58)37-18-20-57(21-19-37)36-13-9-34(10-14-36)51-40-16-17-41(60)52-45(40)61/h6-15,26-28,30,37,40,51H,16-25H2,1-5H3,(H,50,62)(H,49,54,55)(H,52,60,61). The van der Waals surface area contributed by atoms with E-state index in [-0.39, 0.29) is 41.0 Å². The van der Waals surface area contributed by atoms with Crippen molar-refractivity contribution in [1.29, 1.82) is 0 Å². The van der Waals surface area contributed by atoms with Crippen LogP contribution in [0.4, 0.5) is 17.1 Å². The molecule has 6 aromatic rings. The maximum atomic E-state index is 13.0. The third-order valence-corrected chi connectivity index (χ3v) is 12.7. The van der Waals surface area contributed by atoms with E-state index in [9.17, 15) is 14.4 Å². The maximum absolute atomic E-state index is 13.0. The minimum atomic E-state index is -0.382. The van der Waals surface area contributed by atoms with Crippen LogP contribution < -0.4 is 25.8 Å². The Kier molecular flexibility index (Phi) is 11.4. The van der Waals surface area contributed by atoms with Gasteiger partial charge in [-0.1, -0.05) is 50.2 Å². The SMILES string of the molecule is Cc1cc(-c2[nH]nc3ncc(-c4ccc(N5CCN(C6CCN(c7ccc(NC8CCC(=O)NC8=O)cc7)CC6)CC5)cc4)cc23)ccc1C(C)NC(=O)c1noc(C(C)(C)C)n1. The number of nitrogens with one attached hydrogen (secondary N) is 4. The van der Waals surface area contributed by atoms with Gasteiger partial charge in [0, 0.05) is 96.9 Å². The van der Waals surface area contributed by atoms with E-state index in [4.69, 9.17) is 9.51 Å². The van der Waals surface area contributed by atoms with Gasteiger partial charge >= 0.3 is 0 Å². The molecule has 326 valence electrons. The highest BCUT2D eigenvalue weighted by Gasteiger charge is 2.30. The predicted molar refractivity (Wildman–Crippen MR) is 244 cm³/mol. The summed E-state index contributed by atoms with van der Waals surface area (Å²) >= 11 is 0. The average molecular weight is 850 g/mol. The van der Waals surface area contributed by atoms with Gasteiger partial charge in [0.15, 0.2) is 5.65 Å². The summed E-state index contributed by atoms with van der Waals surface area (Å²) in [6.45, 7) is 16.0. The Hall–Kier alpha value is -6.61. The number of imide groups is 1. The molecular formula is C48H55N11O4. The molecular weight excluding hydrogens is 795 g/mol. The number of pyridine rings is 1. The molecule has 3 aromatic carbocycles. The highest BCUT2D eigenvalue weighted by Crippen LogP contribution is 2.33. The topological polar surface area (TPSA) is 178 Å². The number of aromatic amines is 1. The van der Waals surface area contributed by atoms with Crippen LogP contribution in [0.3, 0.4) is 0 Å². The Morgan fingerprint density at radius 3 is 2.19 bits per heavy atom. The molecule has 15 nitrogen and oxygen atoms in total. The summed E-state index contributed by atoms with van der Waals surface area (Å²) in [6, 6.07) is 25.4. The monoisotopic (exact) mass is 849 g/mol. The van der Waals surface area contributed by atoms with Crippen LogP contribution in [0.5, 0.6) is 0 Å². The highest BCUT2D eigenvalue weighted by molar-refractivity contribution is 6.01. The number of nitrogens with zero attached hydrogens (tertiary/aromatic N) is 7. The number of carbonyl (C=O) groups is 3. The van der Waals surface area contributed by atoms with Gasteiger partial charge in [-0.05, 0) is 98.3 Å². The fraction of sp³-hybridized carbons (Fsp3) is 0.396. The van der Waals surface area contributed by atoms with Gasteiger partial charge in [-0.15, -0.1) is 0 Å². The number of amides is 3. The number of benzene rings is 3. The summed E-state index contributed by atoms with van der Waals surface area (Å²) in [4.78, 5) is 53.2. The zero-order valence-corrected chi connectivity index (χ0v) is 36.6. The fourth-order valence-corrected chi connectivity index (χ4v) is 9.05. The predicted octanol–water partition coefficient (Wildman–Crippen LogP) is 6.78. The second-order valence-electron chi connectivity index (χ2n) is 18.1. The van der Waals surface area contributed by atoms with Crippen LogP contribution in [-0.4, -0.2) is 99.3 Å². The minimum Gasteiger partial charge on any atom is -0.374 e. The molecule has 2 atom stereocenters. The molecule has 3 fully saturated rings. The van der Waals surface area contributed by atoms with Crippen LogP contribution in [0.2, 0.25) is 0 Å². The van der Waals surface area contributed by atoms with Crippen molar-refractivity contribution >= 4 is 45.8 Å². The van der Waals surface area contributed by atoms with Crippen molar-refractivity contribution in [2.45, 2.75) is 83.8 Å². The summed E-state index contributed by atoms with van der Waals surface area (Å²) in [5.41, 5.74) is 9.63. The van der Waals surface area contributed by atoms with E-state index in [2.05, 4.69) is 99.5 Å². The number of aryl methyl sites for hydroxylation is 1. The van der Waals surface area contributed by atoms with E-state index in [1.807, 2.05) is 65.1 Å². The summed E-state index contributed by atoms with van der Waals surface area (Å²) in [5, 5.41) is 21.3. The maximum Gasteiger partial charge on any atom is 0.293 e. The average Bonchev–Trinajstić information content (AvgIpc) is 3.97. The Bertz CT molecular complexity index is 2620. The van der Waals surface area contributed by atoms with Crippen LogP contribution in [0.1, 0.15) is 87.1 Å². The molecule has 3 saturated heterocycles. The zero-order chi connectivity index (χ0) is 43.8. The second-order valence-corrected chi connectivity index (χ2v) is 18.1. The first-order valence-corrected chi connectivity index (χ1v) is 22.0. The van der Waals surface area contributed by atoms with Gasteiger partial charge in [-0.2, -0.15) is 10.1 Å². The highest BCUT2D eigenvalue weighted by atomic mass is 16.5. The number of H-pyrrole nitrogens is 1. The Balaban J connectivity index is 0.775. The number of carbonyl (C=O) groups excluding carboxylic acids is 3. The van der Waals surface area contributed by atoms with Gasteiger partial charge in [0.2, 0.25) is 17.7 Å². The largest absolute Gasteiger partial charge is 0.374 e. The lowest BCUT2D eigenvalue weighted by molar-refractivity contribution is -0.133. The van der Waals surface area contributed by atoms with E-state index in [1.165, 1.54) is 11.4 Å². The third-order valence-electron chi connectivity index (χ3n) is 12.7. The minimum absolute atomic E-state index is 0.0239. The van der Waals surface area contributed by atoms with Crippen molar-refractivity contribution in [3.63, 3.8) is 0 Å². The first-order valence-electron chi connectivity index (χ1n) is 22.0. The number of rotatable bonds is 10. The van der Waals surface area contributed by atoms with Crippen LogP contribution in [0.15, 0.2) is 83.5 Å². The molecule has 3 amide bonds. The Morgan fingerprint density at radius 1 is 0.841 bits per heavy atom.